The maximum atomic E-state index is 13.1. The van der Waals surface area contributed by atoms with Gasteiger partial charge in [-0.3, -0.25) is 4.79 Å². The molecule has 1 aliphatic heterocycles. The molecule has 0 fully saturated rings. The van der Waals surface area contributed by atoms with E-state index in [1.807, 2.05) is 72.8 Å². The lowest BCUT2D eigenvalue weighted by atomic mass is 9.83. The van der Waals surface area contributed by atoms with Gasteiger partial charge in [-0.05, 0) is 18.2 Å². The number of carbonyl (C=O) groups excluding carboxylic acids is 1. The van der Waals surface area contributed by atoms with Crippen molar-refractivity contribution in [1.82, 2.24) is 4.98 Å². The van der Waals surface area contributed by atoms with E-state index >= 15 is 0 Å². The van der Waals surface area contributed by atoms with Crippen LogP contribution in [0.25, 0.3) is 22.2 Å². The zero-order valence-corrected chi connectivity index (χ0v) is 15.3. The molecule has 0 radical (unpaired) electrons. The molecule has 3 aromatic carbocycles. The third-order valence-corrected chi connectivity index (χ3v) is 5.46. The number of likely N-dealkylation sites (N-methyl/N-ethyl adjacent to an activating group) is 1. The van der Waals surface area contributed by atoms with Gasteiger partial charge in [0.05, 0.1) is 16.9 Å². The Morgan fingerprint density at radius 2 is 1.50 bits per heavy atom. The van der Waals surface area contributed by atoms with Crippen molar-refractivity contribution in [2.75, 3.05) is 11.9 Å². The first kappa shape index (κ1) is 16.7. The summed E-state index contributed by atoms with van der Waals surface area (Å²) in [5.41, 5.74) is 2.45. The SMILES string of the molecule is CN1C(=O)C(O)(c2ccccc2-c2ccc3ccccc3n2)c2ccccc21. The molecule has 0 spiro atoms. The number of amides is 1. The van der Waals surface area contributed by atoms with E-state index in [0.29, 0.717) is 11.1 Å². The largest absolute Gasteiger partial charge is 0.372 e. The van der Waals surface area contributed by atoms with Crippen LogP contribution >= 0.6 is 0 Å². The lowest BCUT2D eigenvalue weighted by Gasteiger charge is -2.25. The predicted octanol–water partition coefficient (Wildman–Crippen LogP) is 4.11. The Morgan fingerprint density at radius 1 is 0.821 bits per heavy atom. The van der Waals surface area contributed by atoms with Crippen molar-refractivity contribution in [3.63, 3.8) is 0 Å². The molecule has 1 atom stereocenters. The summed E-state index contributed by atoms with van der Waals surface area (Å²) in [7, 11) is 1.69. The van der Waals surface area contributed by atoms with Crippen molar-refractivity contribution in [1.29, 1.82) is 0 Å². The van der Waals surface area contributed by atoms with Crippen LogP contribution in [-0.4, -0.2) is 23.0 Å². The van der Waals surface area contributed by atoms with E-state index in [-0.39, 0.29) is 5.91 Å². The van der Waals surface area contributed by atoms with E-state index < -0.39 is 5.60 Å². The van der Waals surface area contributed by atoms with Gasteiger partial charge in [0.1, 0.15) is 0 Å². The number of aliphatic hydroxyl groups is 1. The van der Waals surface area contributed by atoms with E-state index in [4.69, 9.17) is 4.98 Å². The highest BCUT2D eigenvalue weighted by molar-refractivity contribution is 6.09. The molecule has 4 nitrogen and oxygen atoms in total. The summed E-state index contributed by atoms with van der Waals surface area (Å²) in [6, 6.07) is 26.6. The second-order valence-electron chi connectivity index (χ2n) is 7.03. The van der Waals surface area contributed by atoms with Crippen LogP contribution in [0.4, 0.5) is 5.69 Å². The number of hydrogen-bond acceptors (Lipinski definition) is 3. The monoisotopic (exact) mass is 366 g/mol. The second-order valence-corrected chi connectivity index (χ2v) is 7.03. The lowest BCUT2D eigenvalue weighted by molar-refractivity contribution is -0.131. The maximum Gasteiger partial charge on any atom is 0.268 e. The van der Waals surface area contributed by atoms with Crippen LogP contribution in [0.3, 0.4) is 0 Å². The molecule has 0 saturated heterocycles. The highest BCUT2D eigenvalue weighted by atomic mass is 16.3. The maximum absolute atomic E-state index is 13.1. The molecule has 136 valence electrons. The van der Waals surface area contributed by atoms with Gasteiger partial charge < -0.3 is 10.0 Å². The van der Waals surface area contributed by atoms with Gasteiger partial charge in [-0.2, -0.15) is 0 Å². The number of pyridine rings is 1. The van der Waals surface area contributed by atoms with Crippen molar-refractivity contribution in [3.8, 4) is 11.3 Å². The quantitative estimate of drug-likeness (QED) is 0.581. The van der Waals surface area contributed by atoms with E-state index in [9.17, 15) is 9.90 Å². The molecule has 1 aromatic heterocycles. The van der Waals surface area contributed by atoms with Crippen molar-refractivity contribution < 1.29 is 9.90 Å². The van der Waals surface area contributed by atoms with Crippen LogP contribution < -0.4 is 4.90 Å². The molecule has 4 heteroatoms. The first-order chi connectivity index (χ1) is 13.6. The first-order valence-corrected chi connectivity index (χ1v) is 9.16. The molecule has 5 rings (SSSR count). The van der Waals surface area contributed by atoms with Crippen molar-refractivity contribution in [3.05, 3.63) is 96.1 Å². The first-order valence-electron chi connectivity index (χ1n) is 9.16. The van der Waals surface area contributed by atoms with E-state index in [1.165, 1.54) is 4.90 Å². The van der Waals surface area contributed by atoms with Gasteiger partial charge in [-0.1, -0.05) is 66.7 Å². The number of aromatic nitrogens is 1. The molecule has 2 heterocycles. The number of nitrogens with zero attached hydrogens (tertiary/aromatic N) is 2. The molecule has 28 heavy (non-hydrogen) atoms. The Bertz CT molecular complexity index is 1230. The molecule has 1 unspecified atom stereocenters. The molecule has 1 amide bonds. The van der Waals surface area contributed by atoms with Crippen LogP contribution in [0, 0.1) is 0 Å². The Labute approximate surface area is 162 Å². The fourth-order valence-electron chi connectivity index (χ4n) is 4.04. The number of fused-ring (bicyclic) bond motifs is 2. The number of rotatable bonds is 2. The topological polar surface area (TPSA) is 53.4 Å². The average molecular weight is 366 g/mol. The van der Waals surface area contributed by atoms with Crippen LogP contribution in [0.5, 0.6) is 0 Å². The van der Waals surface area contributed by atoms with E-state index in [2.05, 4.69) is 0 Å². The van der Waals surface area contributed by atoms with Crippen LogP contribution in [0.15, 0.2) is 84.9 Å². The lowest BCUT2D eigenvalue weighted by Crippen LogP contribution is -2.39. The van der Waals surface area contributed by atoms with E-state index in [1.54, 1.807) is 19.2 Å². The Kier molecular flexibility index (Phi) is 3.57. The standard InChI is InChI=1S/C24H18N2O2/c1-26-22-13-7-5-11-19(22)24(28,23(26)27)18-10-4-3-9-17(18)21-15-14-16-8-2-6-12-20(16)25-21/h2-15,28H,1H3. The molecular weight excluding hydrogens is 348 g/mol. The Morgan fingerprint density at radius 3 is 2.36 bits per heavy atom. The van der Waals surface area contributed by atoms with Gasteiger partial charge in [0.15, 0.2) is 5.60 Å². The van der Waals surface area contributed by atoms with Crippen molar-refractivity contribution in [2.24, 2.45) is 0 Å². The number of hydrogen-bond donors (Lipinski definition) is 1. The second kappa shape index (κ2) is 6.01. The van der Waals surface area contributed by atoms with Crippen molar-refractivity contribution >= 4 is 22.5 Å². The molecular formula is C24H18N2O2. The third-order valence-electron chi connectivity index (χ3n) is 5.46. The minimum atomic E-state index is -1.74. The van der Waals surface area contributed by atoms with Crippen LogP contribution in [-0.2, 0) is 10.4 Å². The van der Waals surface area contributed by atoms with Crippen LogP contribution in [0.2, 0.25) is 0 Å². The van der Waals surface area contributed by atoms with Gasteiger partial charge in [-0.25, -0.2) is 4.98 Å². The normalized spacial score (nSPS) is 18.5. The van der Waals surface area contributed by atoms with Crippen LogP contribution in [0.1, 0.15) is 11.1 Å². The summed E-state index contributed by atoms with van der Waals surface area (Å²) >= 11 is 0. The zero-order chi connectivity index (χ0) is 19.3. The molecule has 0 bridgehead atoms. The minimum absolute atomic E-state index is 0.359. The van der Waals surface area contributed by atoms with Gasteiger partial charge >= 0.3 is 0 Å². The smallest absolute Gasteiger partial charge is 0.268 e. The summed E-state index contributed by atoms with van der Waals surface area (Å²) in [5.74, 6) is -0.359. The summed E-state index contributed by atoms with van der Waals surface area (Å²) < 4.78 is 0. The highest BCUT2D eigenvalue weighted by Crippen LogP contribution is 2.46. The van der Waals surface area contributed by atoms with Gasteiger partial charge in [0.2, 0.25) is 0 Å². The number of benzene rings is 3. The van der Waals surface area contributed by atoms with Gasteiger partial charge in [0.25, 0.3) is 5.91 Å². The fraction of sp³-hybridized carbons (Fsp3) is 0.0833. The minimum Gasteiger partial charge on any atom is -0.372 e. The number of anilines is 1. The number of carbonyl (C=O) groups is 1. The fourth-order valence-corrected chi connectivity index (χ4v) is 4.04. The predicted molar refractivity (Wildman–Crippen MR) is 110 cm³/mol. The number of para-hydroxylation sites is 2. The Hall–Kier alpha value is -3.50. The summed E-state index contributed by atoms with van der Waals surface area (Å²) in [6.07, 6.45) is 0. The molecule has 1 N–H and O–H groups in total. The molecule has 4 aromatic rings. The highest BCUT2D eigenvalue weighted by Gasteiger charge is 2.50. The summed E-state index contributed by atoms with van der Waals surface area (Å²) in [4.78, 5) is 19.4. The summed E-state index contributed by atoms with van der Waals surface area (Å²) in [5, 5.41) is 12.7. The zero-order valence-electron chi connectivity index (χ0n) is 15.3. The molecule has 0 aliphatic carbocycles. The van der Waals surface area contributed by atoms with E-state index in [0.717, 1.165) is 27.8 Å². The van der Waals surface area contributed by atoms with Gasteiger partial charge in [-0.15, -0.1) is 0 Å². The Balaban J connectivity index is 1.76. The summed E-state index contributed by atoms with van der Waals surface area (Å²) in [6.45, 7) is 0. The van der Waals surface area contributed by atoms with Gasteiger partial charge in [0, 0.05) is 29.1 Å². The average Bonchev–Trinajstić information content (AvgIpc) is 2.96. The van der Waals surface area contributed by atoms with Crippen molar-refractivity contribution in [2.45, 2.75) is 5.60 Å². The molecule has 1 aliphatic rings. The molecule has 0 saturated carbocycles. The third kappa shape index (κ3) is 2.22.